The van der Waals surface area contributed by atoms with Crippen molar-refractivity contribution in [3.05, 3.63) is 24.3 Å². The van der Waals surface area contributed by atoms with Crippen LogP contribution in [0.15, 0.2) is 24.3 Å². The number of para-hydroxylation sites is 1. The summed E-state index contributed by atoms with van der Waals surface area (Å²) in [6, 6.07) is 8.17. The third-order valence-electron chi connectivity index (χ3n) is 3.78. The summed E-state index contributed by atoms with van der Waals surface area (Å²) >= 11 is 1.72. The molecule has 0 atom stereocenters. The van der Waals surface area contributed by atoms with Crippen molar-refractivity contribution in [2.45, 2.75) is 12.8 Å². The first-order chi connectivity index (χ1) is 10.3. The molecule has 1 aliphatic rings. The van der Waals surface area contributed by atoms with Gasteiger partial charge < -0.3 is 10.2 Å². The minimum Gasteiger partial charge on any atom is -0.348 e. The van der Waals surface area contributed by atoms with Crippen LogP contribution in [0, 0.1) is 18.3 Å². The van der Waals surface area contributed by atoms with Crippen molar-refractivity contribution in [2.24, 2.45) is 5.92 Å². The first kappa shape index (κ1) is 13.9. The van der Waals surface area contributed by atoms with Crippen molar-refractivity contribution < 1.29 is 4.79 Å². The number of anilines is 1. The largest absolute Gasteiger partial charge is 0.348 e. The smallest absolute Gasteiger partial charge is 0.223 e. The standard InChI is InChI=1S/C16H17N3OS/c1-2-9-17-15(20)12-7-10-19(11-8-12)16-18-13-5-3-4-6-14(13)21-16/h1,3-6,12H,7-11H2,(H,17,20). The second-order valence-electron chi connectivity index (χ2n) is 5.15. The zero-order chi connectivity index (χ0) is 14.7. The average Bonchev–Trinajstić information content (AvgIpc) is 2.96. The van der Waals surface area contributed by atoms with E-state index in [1.807, 2.05) is 18.2 Å². The first-order valence-electron chi connectivity index (χ1n) is 7.09. The summed E-state index contributed by atoms with van der Waals surface area (Å²) in [4.78, 5) is 18.8. The van der Waals surface area contributed by atoms with Crippen LogP contribution in [0.3, 0.4) is 0 Å². The lowest BCUT2D eigenvalue weighted by Crippen LogP contribution is -2.40. The van der Waals surface area contributed by atoms with Crippen LogP contribution >= 0.6 is 11.3 Å². The highest BCUT2D eigenvalue weighted by molar-refractivity contribution is 7.22. The molecule has 2 aromatic rings. The third-order valence-corrected chi connectivity index (χ3v) is 4.88. The van der Waals surface area contributed by atoms with E-state index in [1.165, 1.54) is 4.70 Å². The average molecular weight is 299 g/mol. The number of hydrogen-bond donors (Lipinski definition) is 1. The summed E-state index contributed by atoms with van der Waals surface area (Å²) in [5.41, 5.74) is 1.05. The Bertz CT molecular complexity index is 647. The van der Waals surface area contributed by atoms with Crippen LogP contribution in [-0.4, -0.2) is 30.5 Å². The van der Waals surface area contributed by atoms with Gasteiger partial charge in [-0.05, 0) is 25.0 Å². The predicted octanol–water partition coefficient (Wildman–Crippen LogP) is 2.26. The normalized spacial score (nSPS) is 15.9. The minimum atomic E-state index is 0.0731. The van der Waals surface area contributed by atoms with E-state index in [9.17, 15) is 4.79 Å². The monoisotopic (exact) mass is 299 g/mol. The van der Waals surface area contributed by atoms with E-state index in [0.29, 0.717) is 6.54 Å². The molecule has 0 unspecified atom stereocenters. The molecule has 1 aliphatic heterocycles. The van der Waals surface area contributed by atoms with Gasteiger partial charge >= 0.3 is 0 Å². The SMILES string of the molecule is C#CCNC(=O)C1CCN(c2nc3ccccc3s2)CC1. The molecule has 0 spiro atoms. The highest BCUT2D eigenvalue weighted by Gasteiger charge is 2.26. The number of carbonyl (C=O) groups is 1. The van der Waals surface area contributed by atoms with Crippen LogP contribution in [-0.2, 0) is 4.79 Å². The van der Waals surface area contributed by atoms with E-state index in [0.717, 1.165) is 36.6 Å². The van der Waals surface area contributed by atoms with Gasteiger partial charge in [-0.25, -0.2) is 4.98 Å². The molecule has 0 radical (unpaired) electrons. The van der Waals surface area contributed by atoms with Crippen molar-refractivity contribution in [3.8, 4) is 12.3 Å². The van der Waals surface area contributed by atoms with Gasteiger partial charge in [0.05, 0.1) is 16.8 Å². The van der Waals surface area contributed by atoms with E-state index in [4.69, 9.17) is 6.42 Å². The fraction of sp³-hybridized carbons (Fsp3) is 0.375. The second kappa shape index (κ2) is 6.15. The molecule has 1 aromatic heterocycles. The number of benzene rings is 1. The summed E-state index contributed by atoms with van der Waals surface area (Å²) in [5.74, 6) is 2.59. The van der Waals surface area contributed by atoms with Crippen LogP contribution < -0.4 is 10.2 Å². The van der Waals surface area contributed by atoms with Crippen LogP contribution in [0.1, 0.15) is 12.8 Å². The molecule has 2 heterocycles. The molecule has 4 nitrogen and oxygen atoms in total. The van der Waals surface area contributed by atoms with Gasteiger partial charge in [-0.1, -0.05) is 29.4 Å². The Hall–Kier alpha value is -2.06. The number of nitrogens with one attached hydrogen (secondary N) is 1. The summed E-state index contributed by atoms with van der Waals surface area (Å²) in [7, 11) is 0. The maximum atomic E-state index is 11.9. The molecule has 0 saturated carbocycles. The Kier molecular flexibility index (Phi) is 4.07. The van der Waals surface area contributed by atoms with Gasteiger partial charge in [0.15, 0.2) is 5.13 Å². The Labute approximate surface area is 128 Å². The van der Waals surface area contributed by atoms with Gasteiger partial charge in [0.1, 0.15) is 0 Å². The molecule has 0 bridgehead atoms. The van der Waals surface area contributed by atoms with E-state index >= 15 is 0 Å². The Balaban J connectivity index is 1.63. The molecule has 1 amide bonds. The first-order valence-corrected chi connectivity index (χ1v) is 7.91. The number of fused-ring (bicyclic) bond motifs is 1. The maximum absolute atomic E-state index is 11.9. The van der Waals surface area contributed by atoms with Crippen molar-refractivity contribution >= 4 is 32.6 Å². The van der Waals surface area contributed by atoms with Gasteiger partial charge in [0, 0.05) is 19.0 Å². The van der Waals surface area contributed by atoms with Gasteiger partial charge in [-0.15, -0.1) is 6.42 Å². The van der Waals surface area contributed by atoms with Gasteiger partial charge in [-0.3, -0.25) is 4.79 Å². The molecule has 21 heavy (non-hydrogen) atoms. The number of nitrogens with zero attached hydrogens (tertiary/aromatic N) is 2. The fourth-order valence-corrected chi connectivity index (χ4v) is 3.63. The Morgan fingerprint density at radius 3 is 2.90 bits per heavy atom. The van der Waals surface area contributed by atoms with Crippen molar-refractivity contribution in [1.82, 2.24) is 10.3 Å². The lowest BCUT2D eigenvalue weighted by atomic mass is 9.96. The number of hydrogen-bond acceptors (Lipinski definition) is 4. The van der Waals surface area contributed by atoms with Crippen molar-refractivity contribution in [3.63, 3.8) is 0 Å². The lowest BCUT2D eigenvalue weighted by Gasteiger charge is -2.30. The summed E-state index contributed by atoms with van der Waals surface area (Å²) in [6.45, 7) is 2.05. The quantitative estimate of drug-likeness (QED) is 0.884. The molecular weight excluding hydrogens is 282 g/mol. The molecule has 1 N–H and O–H groups in total. The second-order valence-corrected chi connectivity index (χ2v) is 6.16. The molecule has 5 heteroatoms. The molecular formula is C16H17N3OS. The highest BCUT2D eigenvalue weighted by Crippen LogP contribution is 2.31. The molecule has 1 saturated heterocycles. The molecule has 0 aliphatic carbocycles. The van der Waals surface area contributed by atoms with E-state index < -0.39 is 0 Å². The molecule has 1 aromatic carbocycles. The van der Waals surface area contributed by atoms with Crippen molar-refractivity contribution in [1.29, 1.82) is 0 Å². The molecule has 3 rings (SSSR count). The third kappa shape index (κ3) is 3.01. The summed E-state index contributed by atoms with van der Waals surface area (Å²) < 4.78 is 1.21. The van der Waals surface area contributed by atoms with Crippen LogP contribution in [0.25, 0.3) is 10.2 Å². The number of terminal acetylenes is 1. The predicted molar refractivity (Wildman–Crippen MR) is 86.4 cm³/mol. The molecule has 108 valence electrons. The van der Waals surface area contributed by atoms with E-state index in [1.54, 1.807) is 11.3 Å². The van der Waals surface area contributed by atoms with E-state index in [-0.39, 0.29) is 11.8 Å². The molecule has 1 fully saturated rings. The Morgan fingerprint density at radius 1 is 1.43 bits per heavy atom. The van der Waals surface area contributed by atoms with Crippen LogP contribution in [0.4, 0.5) is 5.13 Å². The highest BCUT2D eigenvalue weighted by atomic mass is 32.1. The lowest BCUT2D eigenvalue weighted by molar-refractivity contribution is -0.125. The van der Waals surface area contributed by atoms with Crippen LogP contribution in [0.5, 0.6) is 0 Å². The van der Waals surface area contributed by atoms with E-state index in [2.05, 4.69) is 27.2 Å². The van der Waals surface area contributed by atoms with Gasteiger partial charge in [-0.2, -0.15) is 0 Å². The summed E-state index contributed by atoms with van der Waals surface area (Å²) in [5, 5.41) is 3.83. The zero-order valence-electron chi connectivity index (χ0n) is 11.7. The maximum Gasteiger partial charge on any atom is 0.223 e. The van der Waals surface area contributed by atoms with Gasteiger partial charge in [0.2, 0.25) is 5.91 Å². The number of rotatable bonds is 3. The minimum absolute atomic E-state index is 0.0731. The number of thiazole rings is 1. The number of aromatic nitrogens is 1. The topological polar surface area (TPSA) is 45.2 Å². The Morgan fingerprint density at radius 2 is 2.19 bits per heavy atom. The fourth-order valence-electron chi connectivity index (χ4n) is 2.61. The number of piperidine rings is 1. The van der Waals surface area contributed by atoms with Crippen LogP contribution in [0.2, 0.25) is 0 Å². The number of carbonyl (C=O) groups excluding carboxylic acids is 1. The zero-order valence-corrected chi connectivity index (χ0v) is 12.5. The summed E-state index contributed by atoms with van der Waals surface area (Å²) in [6.07, 6.45) is 6.87. The van der Waals surface area contributed by atoms with Crippen molar-refractivity contribution in [2.75, 3.05) is 24.5 Å². The van der Waals surface area contributed by atoms with Gasteiger partial charge in [0.25, 0.3) is 0 Å². The number of amides is 1.